The maximum absolute atomic E-state index is 11.2. The van der Waals surface area contributed by atoms with Crippen LogP contribution in [-0.2, 0) is 11.2 Å². The van der Waals surface area contributed by atoms with E-state index < -0.39 is 12.0 Å². The molecule has 1 N–H and O–H groups in total. The van der Waals surface area contributed by atoms with Crippen LogP contribution in [0.4, 0.5) is 0 Å². The second-order valence-electron chi connectivity index (χ2n) is 7.83. The van der Waals surface area contributed by atoms with Crippen molar-refractivity contribution in [2.75, 3.05) is 13.1 Å². The van der Waals surface area contributed by atoms with Crippen LogP contribution in [0.3, 0.4) is 0 Å². The number of carboxylic acids is 1. The van der Waals surface area contributed by atoms with E-state index in [0.29, 0.717) is 12.5 Å². The quantitative estimate of drug-likeness (QED) is 0.680. The lowest BCUT2D eigenvalue weighted by Crippen LogP contribution is -2.38. The molecular formula is C23H29NO3S. The number of carboxylic acid groups (broad SMARTS) is 1. The van der Waals surface area contributed by atoms with E-state index in [0.717, 1.165) is 30.0 Å². The minimum absolute atomic E-state index is 0.0250. The maximum atomic E-state index is 11.2. The van der Waals surface area contributed by atoms with Crippen molar-refractivity contribution in [3.05, 3.63) is 54.1 Å². The lowest BCUT2D eigenvalue weighted by molar-refractivity contribution is -0.142. The average Bonchev–Trinajstić information content (AvgIpc) is 3.12. The molecule has 5 heteroatoms. The molecule has 1 heterocycles. The smallest absolute Gasteiger partial charge is 0.320 e. The van der Waals surface area contributed by atoms with Gasteiger partial charge in [-0.25, -0.2) is 0 Å². The summed E-state index contributed by atoms with van der Waals surface area (Å²) < 4.78 is 6.26. The molecule has 2 unspecified atom stereocenters. The molecule has 150 valence electrons. The van der Waals surface area contributed by atoms with Gasteiger partial charge in [-0.2, -0.15) is 0 Å². The largest absolute Gasteiger partial charge is 0.488 e. The van der Waals surface area contributed by atoms with Crippen molar-refractivity contribution in [3.8, 4) is 5.75 Å². The third-order valence-corrected chi connectivity index (χ3v) is 6.08. The van der Waals surface area contributed by atoms with Gasteiger partial charge in [-0.3, -0.25) is 9.69 Å². The van der Waals surface area contributed by atoms with Gasteiger partial charge in [0.1, 0.15) is 17.9 Å². The molecule has 2 atom stereocenters. The fraction of sp³-hybridized carbons (Fsp3) is 0.435. The topological polar surface area (TPSA) is 49.8 Å². The van der Waals surface area contributed by atoms with Gasteiger partial charge >= 0.3 is 5.97 Å². The molecule has 0 saturated carbocycles. The molecule has 0 radical (unpaired) electrons. The van der Waals surface area contributed by atoms with E-state index in [-0.39, 0.29) is 6.10 Å². The van der Waals surface area contributed by atoms with Gasteiger partial charge in [0, 0.05) is 18.0 Å². The minimum atomic E-state index is -0.780. The highest BCUT2D eigenvalue weighted by molar-refractivity contribution is 7.99. The van der Waals surface area contributed by atoms with Gasteiger partial charge in [-0.15, -0.1) is 0 Å². The molecule has 2 aromatic carbocycles. The van der Waals surface area contributed by atoms with Gasteiger partial charge in [0.15, 0.2) is 0 Å². The molecule has 28 heavy (non-hydrogen) atoms. The number of aliphatic carboxylic acids is 1. The lowest BCUT2D eigenvalue weighted by atomic mass is 10.0. The number of hydrogen-bond donors (Lipinski definition) is 1. The lowest BCUT2D eigenvalue weighted by Gasteiger charge is -2.21. The second kappa shape index (κ2) is 9.48. The summed E-state index contributed by atoms with van der Waals surface area (Å²) in [6, 6.07) is 16.4. The second-order valence-corrected chi connectivity index (χ2v) is 8.94. The van der Waals surface area contributed by atoms with Crippen LogP contribution >= 0.6 is 11.8 Å². The first-order valence-electron chi connectivity index (χ1n) is 9.91. The summed E-state index contributed by atoms with van der Waals surface area (Å²) in [4.78, 5) is 15.5. The van der Waals surface area contributed by atoms with Crippen molar-refractivity contribution in [3.63, 3.8) is 0 Å². The van der Waals surface area contributed by atoms with Crippen LogP contribution in [0.25, 0.3) is 0 Å². The van der Waals surface area contributed by atoms with Gasteiger partial charge in [-0.1, -0.05) is 49.9 Å². The molecule has 0 aliphatic carbocycles. The van der Waals surface area contributed by atoms with Crippen molar-refractivity contribution < 1.29 is 14.6 Å². The van der Waals surface area contributed by atoms with E-state index in [1.54, 1.807) is 18.7 Å². The predicted octanol–water partition coefficient (Wildman–Crippen LogP) is 4.96. The number of nitrogens with zero attached hydrogens (tertiary/aromatic N) is 1. The highest BCUT2D eigenvalue weighted by Crippen LogP contribution is 2.36. The van der Waals surface area contributed by atoms with Crippen LogP contribution in [-0.4, -0.2) is 41.2 Å². The van der Waals surface area contributed by atoms with Crippen LogP contribution in [0, 0.1) is 5.92 Å². The van der Waals surface area contributed by atoms with E-state index in [9.17, 15) is 9.90 Å². The Labute approximate surface area is 171 Å². The van der Waals surface area contributed by atoms with Crippen molar-refractivity contribution in [1.29, 1.82) is 0 Å². The van der Waals surface area contributed by atoms with Gasteiger partial charge in [0.25, 0.3) is 0 Å². The monoisotopic (exact) mass is 399 g/mol. The Hall–Kier alpha value is -1.98. The molecule has 1 aliphatic heterocycles. The number of hydrogen-bond acceptors (Lipinski definition) is 4. The van der Waals surface area contributed by atoms with Gasteiger partial charge in [0.05, 0.1) is 4.90 Å². The number of para-hydroxylation sites is 1. The number of benzene rings is 2. The maximum Gasteiger partial charge on any atom is 0.320 e. The molecule has 4 nitrogen and oxygen atoms in total. The normalized spacial score (nSPS) is 18.4. The first-order valence-corrected chi connectivity index (χ1v) is 10.7. The SMILES string of the molecule is CC(C)Cc1ccc(Sc2ccccc2OC2CCN(C(C)C(=O)O)C2)cc1. The fourth-order valence-electron chi connectivity index (χ4n) is 3.46. The molecule has 0 aromatic heterocycles. The predicted molar refractivity (Wildman–Crippen MR) is 113 cm³/mol. The first-order chi connectivity index (χ1) is 13.4. The number of carbonyl (C=O) groups is 1. The summed E-state index contributed by atoms with van der Waals surface area (Å²) in [5, 5.41) is 9.21. The zero-order valence-corrected chi connectivity index (χ0v) is 17.6. The molecule has 1 fully saturated rings. The Morgan fingerprint density at radius 1 is 1.18 bits per heavy atom. The summed E-state index contributed by atoms with van der Waals surface area (Å²) in [5.41, 5.74) is 1.36. The Morgan fingerprint density at radius 2 is 1.89 bits per heavy atom. The Morgan fingerprint density at radius 3 is 2.57 bits per heavy atom. The van der Waals surface area contributed by atoms with Crippen molar-refractivity contribution in [2.24, 2.45) is 5.92 Å². The minimum Gasteiger partial charge on any atom is -0.488 e. The van der Waals surface area contributed by atoms with Gasteiger partial charge in [-0.05, 0) is 55.5 Å². The van der Waals surface area contributed by atoms with Gasteiger partial charge < -0.3 is 9.84 Å². The summed E-state index contributed by atoms with van der Waals surface area (Å²) in [6.45, 7) is 7.60. The molecular weight excluding hydrogens is 370 g/mol. The Bertz CT molecular complexity index is 791. The molecule has 3 rings (SSSR count). The zero-order valence-electron chi connectivity index (χ0n) is 16.8. The number of ether oxygens (including phenoxy) is 1. The van der Waals surface area contributed by atoms with Crippen LogP contribution in [0.5, 0.6) is 5.75 Å². The third kappa shape index (κ3) is 5.52. The summed E-state index contributed by atoms with van der Waals surface area (Å²) in [6.07, 6.45) is 1.97. The van der Waals surface area contributed by atoms with Crippen LogP contribution in [0.1, 0.15) is 32.8 Å². The number of rotatable bonds is 8. The van der Waals surface area contributed by atoms with E-state index in [1.807, 2.05) is 23.1 Å². The fourth-order valence-corrected chi connectivity index (χ4v) is 4.35. The van der Waals surface area contributed by atoms with E-state index in [2.05, 4.69) is 44.2 Å². The molecule has 1 saturated heterocycles. The summed E-state index contributed by atoms with van der Waals surface area (Å²) in [5.74, 6) is 0.744. The van der Waals surface area contributed by atoms with E-state index >= 15 is 0 Å². The summed E-state index contributed by atoms with van der Waals surface area (Å²) >= 11 is 1.70. The zero-order chi connectivity index (χ0) is 20.1. The van der Waals surface area contributed by atoms with Gasteiger partial charge in [0.2, 0.25) is 0 Å². The van der Waals surface area contributed by atoms with Crippen molar-refractivity contribution in [2.45, 2.75) is 55.5 Å². The van der Waals surface area contributed by atoms with Crippen molar-refractivity contribution in [1.82, 2.24) is 4.90 Å². The summed E-state index contributed by atoms with van der Waals surface area (Å²) in [7, 11) is 0. The highest BCUT2D eigenvalue weighted by Gasteiger charge is 2.30. The molecule has 0 amide bonds. The van der Waals surface area contributed by atoms with E-state index in [1.165, 1.54) is 10.5 Å². The van der Waals surface area contributed by atoms with Crippen LogP contribution in [0.2, 0.25) is 0 Å². The first kappa shape index (κ1) is 20.7. The Balaban J connectivity index is 1.64. The van der Waals surface area contributed by atoms with Crippen LogP contribution in [0.15, 0.2) is 58.3 Å². The van der Waals surface area contributed by atoms with Crippen LogP contribution < -0.4 is 4.74 Å². The number of likely N-dealkylation sites (tertiary alicyclic amines) is 1. The average molecular weight is 400 g/mol. The van der Waals surface area contributed by atoms with E-state index in [4.69, 9.17) is 4.74 Å². The molecule has 2 aromatic rings. The molecule has 0 bridgehead atoms. The molecule has 1 aliphatic rings. The standard InChI is InChI=1S/C23H29NO3S/c1-16(2)14-18-8-10-20(11-9-18)28-22-7-5-4-6-21(22)27-19-12-13-24(15-19)17(3)23(25)26/h4-11,16-17,19H,12-15H2,1-3H3,(H,25,26). The molecule has 0 spiro atoms. The highest BCUT2D eigenvalue weighted by atomic mass is 32.2. The third-order valence-electron chi connectivity index (χ3n) is 5.02. The van der Waals surface area contributed by atoms with Crippen molar-refractivity contribution >= 4 is 17.7 Å². The Kier molecular flexibility index (Phi) is 7.03.